The third-order valence-corrected chi connectivity index (χ3v) is 4.61. The van der Waals surface area contributed by atoms with Gasteiger partial charge in [0, 0.05) is 36.4 Å². The summed E-state index contributed by atoms with van der Waals surface area (Å²) in [7, 11) is 7.95. The van der Waals surface area contributed by atoms with Crippen LogP contribution in [0.2, 0.25) is 5.02 Å². The van der Waals surface area contributed by atoms with E-state index < -0.39 is 10.8 Å². The molecule has 0 bridgehead atoms. The third-order valence-electron chi connectivity index (χ3n) is 4.38. The highest BCUT2D eigenvalue weighted by Crippen LogP contribution is 2.23. The maximum Gasteiger partial charge on any atom is 0.282 e. The van der Waals surface area contributed by atoms with E-state index in [0.29, 0.717) is 6.54 Å². The molecule has 0 unspecified atom stereocenters. The number of hydrogen-bond acceptors (Lipinski definition) is 4. The van der Waals surface area contributed by atoms with Gasteiger partial charge in [-0.05, 0) is 24.3 Å². The molecular weight excluding hydrogens is 368 g/mol. The van der Waals surface area contributed by atoms with E-state index in [9.17, 15) is 14.9 Å². The van der Waals surface area contributed by atoms with Crippen molar-refractivity contribution in [2.45, 2.75) is 6.04 Å². The maximum absolute atomic E-state index is 12.5. The van der Waals surface area contributed by atoms with Crippen molar-refractivity contribution in [3.63, 3.8) is 0 Å². The minimum Gasteiger partial charge on any atom is -0.378 e. The molecule has 144 valence electrons. The molecule has 0 radical (unpaired) electrons. The Labute approximate surface area is 163 Å². The second-order valence-corrected chi connectivity index (χ2v) is 7.18. The van der Waals surface area contributed by atoms with Gasteiger partial charge in [0.1, 0.15) is 11.6 Å². The number of likely N-dealkylation sites (N-methyl/N-ethyl adjacent to an activating group) is 1. The first kappa shape index (κ1) is 20.7. The summed E-state index contributed by atoms with van der Waals surface area (Å²) in [4.78, 5) is 26.3. The summed E-state index contributed by atoms with van der Waals surface area (Å²) in [6.07, 6.45) is 0. The number of rotatable bonds is 7. The smallest absolute Gasteiger partial charge is 0.282 e. The van der Waals surface area contributed by atoms with Gasteiger partial charge < -0.3 is 15.1 Å². The fourth-order valence-electron chi connectivity index (χ4n) is 2.80. The Hall–Kier alpha value is -2.64. The molecule has 0 aliphatic carbocycles. The van der Waals surface area contributed by atoms with Crippen LogP contribution in [0.1, 0.15) is 22.0 Å². The Balaban J connectivity index is 2.18. The quantitative estimate of drug-likeness (QED) is 0.558. The lowest BCUT2D eigenvalue weighted by Gasteiger charge is -2.23. The SMILES string of the molecule is CN(C)c1ccc([C@H](CNC(=O)c2cc(Cl)ccc2[N+](=O)[O-])[NH+](C)C)cc1. The van der Waals surface area contributed by atoms with Gasteiger partial charge in [0.2, 0.25) is 0 Å². The summed E-state index contributed by atoms with van der Waals surface area (Å²) in [5, 5.41) is 14.2. The number of benzene rings is 2. The van der Waals surface area contributed by atoms with E-state index in [1.807, 2.05) is 57.4 Å². The largest absolute Gasteiger partial charge is 0.378 e. The monoisotopic (exact) mass is 391 g/mol. The van der Waals surface area contributed by atoms with Gasteiger partial charge in [-0.25, -0.2) is 0 Å². The number of carbonyl (C=O) groups excluding carboxylic acids is 1. The van der Waals surface area contributed by atoms with E-state index in [2.05, 4.69) is 5.32 Å². The van der Waals surface area contributed by atoms with Gasteiger partial charge in [-0.3, -0.25) is 14.9 Å². The number of anilines is 1. The molecule has 0 saturated carbocycles. The van der Waals surface area contributed by atoms with Crippen LogP contribution in [0, 0.1) is 10.1 Å². The second-order valence-electron chi connectivity index (χ2n) is 6.74. The first-order valence-electron chi connectivity index (χ1n) is 8.50. The lowest BCUT2D eigenvalue weighted by atomic mass is 10.0. The predicted octanol–water partition coefficient (Wildman–Crippen LogP) is 1.93. The number of nitro groups is 1. The van der Waals surface area contributed by atoms with E-state index in [1.165, 1.54) is 18.2 Å². The van der Waals surface area contributed by atoms with Crippen LogP contribution < -0.4 is 15.1 Å². The van der Waals surface area contributed by atoms with Crippen LogP contribution >= 0.6 is 11.6 Å². The Morgan fingerprint density at radius 2 is 1.85 bits per heavy atom. The normalized spacial score (nSPS) is 11.9. The van der Waals surface area contributed by atoms with Crippen LogP contribution in [0.3, 0.4) is 0 Å². The maximum atomic E-state index is 12.5. The van der Waals surface area contributed by atoms with Crippen molar-refractivity contribution in [2.75, 3.05) is 39.6 Å². The first-order valence-corrected chi connectivity index (χ1v) is 8.88. The molecule has 0 heterocycles. The molecular formula is C19H24ClN4O3+. The molecule has 0 aromatic heterocycles. The zero-order chi connectivity index (χ0) is 20.1. The van der Waals surface area contributed by atoms with Crippen molar-refractivity contribution >= 4 is 28.9 Å². The van der Waals surface area contributed by atoms with Gasteiger partial charge in [-0.15, -0.1) is 0 Å². The number of nitrogens with zero attached hydrogens (tertiary/aromatic N) is 2. The molecule has 2 aromatic rings. The molecule has 1 atom stereocenters. The predicted molar refractivity (Wildman–Crippen MR) is 107 cm³/mol. The van der Waals surface area contributed by atoms with Gasteiger partial charge >= 0.3 is 0 Å². The fourth-order valence-corrected chi connectivity index (χ4v) is 2.97. The van der Waals surface area contributed by atoms with Crippen LogP contribution in [-0.2, 0) is 0 Å². The molecule has 0 fully saturated rings. The van der Waals surface area contributed by atoms with E-state index in [0.717, 1.165) is 16.2 Å². The number of nitro benzene ring substituents is 1. The Morgan fingerprint density at radius 1 is 1.22 bits per heavy atom. The van der Waals surface area contributed by atoms with Crippen LogP contribution in [0.25, 0.3) is 0 Å². The molecule has 27 heavy (non-hydrogen) atoms. The summed E-state index contributed by atoms with van der Waals surface area (Å²) in [6, 6.07) is 12.1. The van der Waals surface area contributed by atoms with E-state index in [4.69, 9.17) is 11.6 Å². The van der Waals surface area contributed by atoms with E-state index in [1.54, 1.807) is 0 Å². The summed E-state index contributed by atoms with van der Waals surface area (Å²) < 4.78 is 0. The molecule has 0 spiro atoms. The molecule has 7 nitrogen and oxygen atoms in total. The Morgan fingerprint density at radius 3 is 2.37 bits per heavy atom. The zero-order valence-electron chi connectivity index (χ0n) is 15.8. The van der Waals surface area contributed by atoms with Gasteiger partial charge in [0.05, 0.1) is 25.6 Å². The summed E-state index contributed by atoms with van der Waals surface area (Å²) in [6.45, 7) is 0.339. The van der Waals surface area contributed by atoms with E-state index in [-0.39, 0.29) is 22.3 Å². The fraction of sp³-hybridized carbons (Fsp3) is 0.316. The molecule has 1 amide bonds. The van der Waals surface area contributed by atoms with Gasteiger partial charge in [-0.1, -0.05) is 23.7 Å². The van der Waals surface area contributed by atoms with Crippen molar-refractivity contribution in [2.24, 2.45) is 0 Å². The standard InChI is InChI=1S/C19H23ClN4O3/c1-22(2)15-8-5-13(6-9-15)18(23(3)4)12-21-19(25)16-11-14(20)7-10-17(16)24(26)27/h5-11,18H,12H2,1-4H3,(H,21,25)/p+1/t18-/m0/s1. The highest BCUT2D eigenvalue weighted by Gasteiger charge is 2.23. The van der Waals surface area contributed by atoms with Crippen molar-refractivity contribution < 1.29 is 14.6 Å². The van der Waals surface area contributed by atoms with Gasteiger partial charge in [0.15, 0.2) is 0 Å². The highest BCUT2D eigenvalue weighted by molar-refractivity contribution is 6.31. The topological polar surface area (TPSA) is 79.9 Å². The third kappa shape index (κ3) is 5.18. The average Bonchev–Trinajstić information content (AvgIpc) is 2.61. The lowest BCUT2D eigenvalue weighted by molar-refractivity contribution is -0.890. The molecule has 2 rings (SSSR count). The highest BCUT2D eigenvalue weighted by atomic mass is 35.5. The van der Waals surface area contributed by atoms with Crippen molar-refractivity contribution in [1.82, 2.24) is 5.32 Å². The van der Waals surface area contributed by atoms with Crippen LogP contribution in [0.5, 0.6) is 0 Å². The minimum atomic E-state index is -0.583. The van der Waals surface area contributed by atoms with Crippen LogP contribution in [0.15, 0.2) is 42.5 Å². The van der Waals surface area contributed by atoms with Gasteiger partial charge in [-0.2, -0.15) is 0 Å². The molecule has 8 heteroatoms. The zero-order valence-corrected chi connectivity index (χ0v) is 16.6. The summed E-state index contributed by atoms with van der Waals surface area (Å²) >= 11 is 5.90. The number of quaternary nitrogens is 1. The molecule has 0 aliphatic heterocycles. The Bertz CT molecular complexity index is 822. The minimum absolute atomic E-state index is 0.00315. The molecule has 0 saturated heterocycles. The molecule has 2 aromatic carbocycles. The number of amides is 1. The number of halogens is 1. The molecule has 0 aliphatic rings. The van der Waals surface area contributed by atoms with Crippen molar-refractivity contribution in [1.29, 1.82) is 0 Å². The summed E-state index contributed by atoms with van der Waals surface area (Å²) in [5.41, 5.74) is 1.86. The average molecular weight is 392 g/mol. The molecule has 2 N–H and O–H groups in total. The lowest BCUT2D eigenvalue weighted by Crippen LogP contribution is -3.07. The van der Waals surface area contributed by atoms with Gasteiger partial charge in [0.25, 0.3) is 11.6 Å². The second kappa shape index (κ2) is 8.83. The number of carbonyl (C=O) groups is 1. The Kier molecular flexibility index (Phi) is 6.76. The van der Waals surface area contributed by atoms with E-state index >= 15 is 0 Å². The van der Waals surface area contributed by atoms with Crippen LogP contribution in [0.4, 0.5) is 11.4 Å². The van der Waals surface area contributed by atoms with Crippen molar-refractivity contribution in [3.8, 4) is 0 Å². The first-order chi connectivity index (χ1) is 12.7. The number of nitrogens with one attached hydrogen (secondary N) is 2. The summed E-state index contributed by atoms with van der Waals surface area (Å²) in [5.74, 6) is -0.514. The van der Waals surface area contributed by atoms with Crippen LogP contribution in [-0.4, -0.2) is 45.6 Å². The number of hydrogen-bond donors (Lipinski definition) is 2. The van der Waals surface area contributed by atoms with Crippen molar-refractivity contribution in [3.05, 3.63) is 68.7 Å².